The molecular weight excluding hydrogens is 349 g/mol. The van der Waals surface area contributed by atoms with Crippen LogP contribution in [0, 0.1) is 24.3 Å². The zero-order chi connectivity index (χ0) is 14.0. The van der Waals surface area contributed by atoms with Gasteiger partial charge >= 0.3 is 0 Å². The zero-order valence-electron chi connectivity index (χ0n) is 11.2. The maximum Gasteiger partial charge on any atom is 0.121 e. The molecule has 2 nitrogen and oxygen atoms in total. The van der Waals surface area contributed by atoms with Crippen LogP contribution in [0.4, 0.5) is 5.69 Å². The highest BCUT2D eigenvalue weighted by atomic mass is 127. The van der Waals surface area contributed by atoms with E-state index in [4.69, 9.17) is 0 Å². The van der Waals surface area contributed by atoms with Crippen molar-refractivity contribution in [2.45, 2.75) is 20.8 Å². The Labute approximate surface area is 127 Å². The maximum absolute atomic E-state index is 9.74. The number of halogens is 1. The minimum atomic E-state index is 0.363. The normalized spacial score (nSPS) is 11.2. The van der Waals surface area contributed by atoms with Crippen LogP contribution in [-0.2, 0) is 0 Å². The monoisotopic (exact) mass is 365 g/mol. The smallest absolute Gasteiger partial charge is 0.121 e. The van der Waals surface area contributed by atoms with Crippen LogP contribution in [-0.4, -0.2) is 11.3 Å². The van der Waals surface area contributed by atoms with E-state index in [1.807, 2.05) is 38.3 Å². The predicted octanol–water partition coefficient (Wildman–Crippen LogP) is 4.67. The molecular formula is C16H16INO. The highest BCUT2D eigenvalue weighted by molar-refractivity contribution is 14.1. The summed E-state index contributed by atoms with van der Waals surface area (Å²) in [4.78, 5) is 4.48. The Bertz CT molecular complexity index is 624. The number of nitrogens with zero attached hydrogens (tertiary/aromatic N) is 1. The largest absolute Gasteiger partial charge is 0.507 e. The van der Waals surface area contributed by atoms with E-state index in [-0.39, 0.29) is 0 Å². The van der Waals surface area contributed by atoms with Crippen molar-refractivity contribution in [2.75, 3.05) is 0 Å². The minimum absolute atomic E-state index is 0.363. The zero-order valence-corrected chi connectivity index (χ0v) is 13.4. The molecule has 0 fully saturated rings. The third-order valence-corrected chi connectivity index (χ3v) is 4.23. The molecule has 0 unspecified atom stereocenters. The highest BCUT2D eigenvalue weighted by Crippen LogP contribution is 2.23. The average Bonchev–Trinajstić information content (AvgIpc) is 2.37. The van der Waals surface area contributed by atoms with Gasteiger partial charge in [-0.1, -0.05) is 0 Å². The third-order valence-electron chi connectivity index (χ3n) is 3.02. The number of rotatable bonds is 2. The summed E-state index contributed by atoms with van der Waals surface area (Å²) < 4.78 is 1.24. The second kappa shape index (κ2) is 5.74. The van der Waals surface area contributed by atoms with Crippen LogP contribution in [0.25, 0.3) is 0 Å². The molecule has 0 amide bonds. The number of benzene rings is 2. The van der Waals surface area contributed by atoms with Gasteiger partial charge in [0.25, 0.3) is 0 Å². The fraction of sp³-hybridized carbons (Fsp3) is 0.188. The molecule has 2 aromatic carbocycles. The molecule has 0 aliphatic heterocycles. The van der Waals surface area contributed by atoms with E-state index in [0.29, 0.717) is 5.75 Å². The number of aliphatic imine (C=N–C) groups is 1. The van der Waals surface area contributed by atoms with Gasteiger partial charge < -0.3 is 5.11 Å². The fourth-order valence-electron chi connectivity index (χ4n) is 1.92. The lowest BCUT2D eigenvalue weighted by Crippen LogP contribution is -1.87. The lowest BCUT2D eigenvalue weighted by atomic mass is 10.1. The third kappa shape index (κ3) is 3.35. The summed E-state index contributed by atoms with van der Waals surface area (Å²) in [5.74, 6) is 0.363. The Hall–Kier alpha value is -1.36. The Kier molecular flexibility index (Phi) is 4.24. The Morgan fingerprint density at radius 2 is 1.63 bits per heavy atom. The molecule has 0 aliphatic carbocycles. The van der Waals surface area contributed by atoms with Gasteiger partial charge in [0.15, 0.2) is 0 Å². The molecule has 0 saturated carbocycles. The maximum atomic E-state index is 9.74. The Morgan fingerprint density at radius 3 is 2.21 bits per heavy atom. The average molecular weight is 365 g/mol. The summed E-state index contributed by atoms with van der Waals surface area (Å²) in [6.45, 7) is 5.87. The first-order valence-electron chi connectivity index (χ1n) is 6.08. The molecule has 2 rings (SSSR count). The van der Waals surface area contributed by atoms with Crippen molar-refractivity contribution < 1.29 is 5.11 Å². The number of aromatic hydroxyl groups is 1. The van der Waals surface area contributed by atoms with E-state index < -0.39 is 0 Å². The number of aryl methyl sites for hydroxylation is 3. The molecule has 0 heterocycles. The standard InChI is InChI=1S/C16H16INO/c1-10-8-14(4-5-15(10)17)18-9-13-6-11(2)16(19)12(3)7-13/h4-9,19H,1-3H3. The van der Waals surface area contributed by atoms with Crippen LogP contribution >= 0.6 is 22.6 Å². The molecule has 0 aromatic heterocycles. The van der Waals surface area contributed by atoms with E-state index >= 15 is 0 Å². The molecule has 2 aromatic rings. The molecule has 0 bridgehead atoms. The van der Waals surface area contributed by atoms with Crippen LogP contribution in [0.15, 0.2) is 35.3 Å². The highest BCUT2D eigenvalue weighted by Gasteiger charge is 2.02. The van der Waals surface area contributed by atoms with Gasteiger partial charge in [0.2, 0.25) is 0 Å². The molecule has 19 heavy (non-hydrogen) atoms. The molecule has 0 radical (unpaired) electrons. The van der Waals surface area contributed by atoms with Gasteiger partial charge in [0.05, 0.1) is 5.69 Å². The van der Waals surface area contributed by atoms with Crippen LogP contribution < -0.4 is 0 Å². The number of phenolic OH excluding ortho intramolecular Hbond substituents is 1. The molecule has 0 atom stereocenters. The Morgan fingerprint density at radius 1 is 1.00 bits per heavy atom. The molecule has 98 valence electrons. The van der Waals surface area contributed by atoms with Gasteiger partial charge in [-0.25, -0.2) is 0 Å². The summed E-state index contributed by atoms with van der Waals surface area (Å²) in [5, 5.41) is 9.74. The van der Waals surface area contributed by atoms with Gasteiger partial charge in [0.1, 0.15) is 5.75 Å². The van der Waals surface area contributed by atoms with Crippen LogP contribution in [0.3, 0.4) is 0 Å². The number of hydrogen-bond acceptors (Lipinski definition) is 2. The second-order valence-electron chi connectivity index (χ2n) is 4.69. The predicted molar refractivity (Wildman–Crippen MR) is 88.7 cm³/mol. The first kappa shape index (κ1) is 14.1. The lowest BCUT2D eigenvalue weighted by Gasteiger charge is -2.04. The van der Waals surface area contributed by atoms with Gasteiger partial charge in [-0.05, 0) is 95.9 Å². The Balaban J connectivity index is 2.30. The lowest BCUT2D eigenvalue weighted by molar-refractivity contribution is 0.467. The van der Waals surface area contributed by atoms with Crippen LogP contribution in [0.5, 0.6) is 5.75 Å². The van der Waals surface area contributed by atoms with E-state index in [2.05, 4.69) is 46.6 Å². The SMILES string of the molecule is Cc1cc(N=Cc2cc(C)c(O)c(C)c2)ccc1I. The van der Waals surface area contributed by atoms with Crippen LogP contribution in [0.2, 0.25) is 0 Å². The molecule has 0 aliphatic rings. The van der Waals surface area contributed by atoms with Crippen molar-refractivity contribution in [2.24, 2.45) is 4.99 Å². The summed E-state index contributed by atoms with van der Waals surface area (Å²) in [5.41, 5.74) is 4.93. The van der Waals surface area contributed by atoms with E-state index in [0.717, 1.165) is 22.4 Å². The van der Waals surface area contributed by atoms with Crippen molar-refractivity contribution >= 4 is 34.5 Å². The van der Waals surface area contributed by atoms with Gasteiger partial charge in [-0.3, -0.25) is 4.99 Å². The summed E-state index contributed by atoms with van der Waals surface area (Å²) in [6.07, 6.45) is 1.83. The van der Waals surface area contributed by atoms with Gasteiger partial charge in [-0.2, -0.15) is 0 Å². The van der Waals surface area contributed by atoms with Gasteiger partial charge in [0, 0.05) is 9.78 Å². The fourth-order valence-corrected chi connectivity index (χ4v) is 2.26. The van der Waals surface area contributed by atoms with Crippen molar-refractivity contribution in [1.29, 1.82) is 0 Å². The van der Waals surface area contributed by atoms with Crippen LogP contribution in [0.1, 0.15) is 22.3 Å². The quantitative estimate of drug-likeness (QED) is 0.609. The second-order valence-corrected chi connectivity index (χ2v) is 5.86. The van der Waals surface area contributed by atoms with Crippen molar-refractivity contribution in [3.63, 3.8) is 0 Å². The van der Waals surface area contributed by atoms with Crippen molar-refractivity contribution in [3.05, 3.63) is 56.2 Å². The van der Waals surface area contributed by atoms with Gasteiger partial charge in [-0.15, -0.1) is 0 Å². The molecule has 0 saturated heterocycles. The summed E-state index contributed by atoms with van der Waals surface area (Å²) in [6, 6.07) is 10.0. The summed E-state index contributed by atoms with van der Waals surface area (Å²) >= 11 is 2.31. The topological polar surface area (TPSA) is 32.6 Å². The number of phenols is 1. The van der Waals surface area contributed by atoms with E-state index in [1.54, 1.807) is 0 Å². The summed E-state index contributed by atoms with van der Waals surface area (Å²) in [7, 11) is 0. The number of hydrogen-bond donors (Lipinski definition) is 1. The molecule has 0 spiro atoms. The first-order chi connectivity index (χ1) is 8.97. The van der Waals surface area contributed by atoms with E-state index in [9.17, 15) is 5.11 Å². The van der Waals surface area contributed by atoms with Crippen molar-refractivity contribution in [3.8, 4) is 5.75 Å². The van der Waals surface area contributed by atoms with Crippen molar-refractivity contribution in [1.82, 2.24) is 0 Å². The molecule has 1 N–H and O–H groups in total. The molecule has 3 heteroatoms. The minimum Gasteiger partial charge on any atom is -0.507 e. The van der Waals surface area contributed by atoms with E-state index in [1.165, 1.54) is 9.13 Å². The first-order valence-corrected chi connectivity index (χ1v) is 7.15.